The predicted molar refractivity (Wildman–Crippen MR) is 190 cm³/mol. The molecule has 360 valence electrons. The molecular formula is C34H58N2O26. The molecule has 5 fully saturated rings. The van der Waals surface area contributed by atoms with Crippen molar-refractivity contribution in [3.8, 4) is 0 Å². The quantitative estimate of drug-likeness (QED) is 0.0725. The van der Waals surface area contributed by atoms with Gasteiger partial charge >= 0.3 is 0 Å². The zero-order chi connectivity index (χ0) is 45.9. The van der Waals surface area contributed by atoms with Gasteiger partial charge in [-0.25, -0.2) is 0 Å². The standard InChI is InChI=1S/C34H58N2O26/c1-8(41)35-15-20(46)27(12(5-39)55-30(15)53)60-31-16(36-9(2)42)21(47)28(13(6-40)58-31)61-34-26(52)29(62-33-25(51)23(49)18(44)11(4-38)57-33)19(45)14(59-34)7-54-32-24(50)22(48)17(43)10(3-37)56-32/h10-34,37-40,43-53H,3-7H2,1-2H3,(H,35,41)(H,36,42)/t10-,11-,12-,13-,14-,15-,16-,17-,18-,19-,20+,21-,22+,23+,24+,25+,26+,27-,28-,29+,30-,31+,32-,33-,34+/m1/s1. The highest BCUT2D eigenvalue weighted by atomic mass is 16.8. The summed E-state index contributed by atoms with van der Waals surface area (Å²) in [5, 5.41) is 163. The molecule has 2 amide bonds. The van der Waals surface area contributed by atoms with Crippen molar-refractivity contribution in [3.05, 3.63) is 0 Å². The first-order chi connectivity index (χ1) is 29.3. The van der Waals surface area contributed by atoms with E-state index in [1.165, 1.54) is 0 Å². The summed E-state index contributed by atoms with van der Waals surface area (Å²) in [4.78, 5) is 24.2. The Morgan fingerprint density at radius 3 is 1.35 bits per heavy atom. The molecule has 25 atom stereocenters. The minimum absolute atomic E-state index is 0.693. The van der Waals surface area contributed by atoms with Crippen molar-refractivity contribution in [2.75, 3.05) is 33.0 Å². The van der Waals surface area contributed by atoms with E-state index in [-0.39, 0.29) is 0 Å². The number of hydrogen-bond donors (Lipinski definition) is 17. The minimum Gasteiger partial charge on any atom is -0.394 e. The zero-order valence-electron chi connectivity index (χ0n) is 33.2. The van der Waals surface area contributed by atoms with Gasteiger partial charge in [-0.3, -0.25) is 9.59 Å². The maximum Gasteiger partial charge on any atom is 0.217 e. The Kier molecular flexibility index (Phi) is 18.1. The second-order valence-electron chi connectivity index (χ2n) is 15.5. The molecule has 5 aliphatic heterocycles. The highest BCUT2D eigenvalue weighted by Crippen LogP contribution is 2.35. The van der Waals surface area contributed by atoms with Crippen molar-refractivity contribution in [3.63, 3.8) is 0 Å². The van der Waals surface area contributed by atoms with Crippen LogP contribution in [0.5, 0.6) is 0 Å². The van der Waals surface area contributed by atoms with Crippen LogP contribution in [0.3, 0.4) is 0 Å². The van der Waals surface area contributed by atoms with E-state index in [9.17, 15) is 86.2 Å². The van der Waals surface area contributed by atoms with E-state index in [4.69, 9.17) is 42.6 Å². The van der Waals surface area contributed by atoms with Crippen LogP contribution in [0.25, 0.3) is 0 Å². The zero-order valence-corrected chi connectivity index (χ0v) is 33.2. The van der Waals surface area contributed by atoms with Crippen LogP contribution in [0.15, 0.2) is 0 Å². The molecule has 0 unspecified atom stereocenters. The molecular weight excluding hydrogens is 852 g/mol. The van der Waals surface area contributed by atoms with E-state index in [1.54, 1.807) is 0 Å². The molecule has 0 spiro atoms. The number of carbonyl (C=O) groups excluding carboxylic acids is 2. The van der Waals surface area contributed by atoms with Crippen molar-refractivity contribution in [1.29, 1.82) is 0 Å². The summed E-state index contributed by atoms with van der Waals surface area (Å²) >= 11 is 0. The molecule has 5 aliphatic rings. The fraction of sp³-hybridized carbons (Fsp3) is 0.941. The Hall–Kier alpha value is -2.02. The monoisotopic (exact) mass is 910 g/mol. The molecule has 0 aromatic carbocycles. The van der Waals surface area contributed by atoms with E-state index in [0.29, 0.717) is 0 Å². The van der Waals surface area contributed by atoms with Crippen LogP contribution in [-0.2, 0) is 52.2 Å². The third-order valence-corrected chi connectivity index (χ3v) is 11.1. The molecule has 0 aromatic heterocycles. The molecule has 0 aromatic rings. The highest BCUT2D eigenvalue weighted by molar-refractivity contribution is 5.73. The van der Waals surface area contributed by atoms with Gasteiger partial charge in [0.25, 0.3) is 0 Å². The van der Waals surface area contributed by atoms with Crippen molar-refractivity contribution in [2.45, 2.75) is 167 Å². The molecule has 0 saturated carbocycles. The third kappa shape index (κ3) is 11.0. The molecule has 17 N–H and O–H groups in total. The number of hydrogen-bond acceptors (Lipinski definition) is 26. The summed E-state index contributed by atoms with van der Waals surface area (Å²) < 4.78 is 50.8. The lowest BCUT2D eigenvalue weighted by molar-refractivity contribution is -0.384. The molecule has 5 heterocycles. The number of aliphatic hydroxyl groups excluding tert-OH is 15. The third-order valence-electron chi connectivity index (χ3n) is 11.1. The fourth-order valence-electron chi connectivity index (χ4n) is 7.73. The van der Waals surface area contributed by atoms with Crippen LogP contribution < -0.4 is 10.6 Å². The van der Waals surface area contributed by atoms with Crippen LogP contribution in [0.4, 0.5) is 0 Å². The number of ether oxygens (including phenoxy) is 9. The number of nitrogens with one attached hydrogen (secondary N) is 2. The second kappa shape index (κ2) is 22.0. The van der Waals surface area contributed by atoms with Gasteiger partial charge in [-0.15, -0.1) is 0 Å². The van der Waals surface area contributed by atoms with Gasteiger partial charge in [-0.2, -0.15) is 0 Å². The summed E-state index contributed by atoms with van der Waals surface area (Å²) in [5.41, 5.74) is 0. The van der Waals surface area contributed by atoms with Gasteiger partial charge in [0.1, 0.15) is 122 Å². The van der Waals surface area contributed by atoms with E-state index < -0.39 is 198 Å². The van der Waals surface area contributed by atoms with Crippen LogP contribution >= 0.6 is 0 Å². The lowest BCUT2D eigenvalue weighted by Gasteiger charge is -2.50. The number of aliphatic hydroxyl groups is 15. The van der Waals surface area contributed by atoms with Crippen molar-refractivity contribution in [1.82, 2.24) is 10.6 Å². The summed E-state index contributed by atoms with van der Waals surface area (Å²) in [7, 11) is 0. The summed E-state index contributed by atoms with van der Waals surface area (Å²) in [5.74, 6) is -1.49. The fourth-order valence-corrected chi connectivity index (χ4v) is 7.73. The van der Waals surface area contributed by atoms with Gasteiger partial charge in [-0.1, -0.05) is 0 Å². The molecule has 5 rings (SSSR count). The lowest BCUT2D eigenvalue weighted by atomic mass is 9.94. The summed E-state index contributed by atoms with van der Waals surface area (Å²) in [6, 6.07) is -3.19. The van der Waals surface area contributed by atoms with Crippen molar-refractivity contribution in [2.24, 2.45) is 0 Å². The van der Waals surface area contributed by atoms with Crippen LogP contribution in [0.2, 0.25) is 0 Å². The van der Waals surface area contributed by atoms with Gasteiger partial charge in [0.05, 0.1) is 33.0 Å². The van der Waals surface area contributed by atoms with Gasteiger partial charge in [0, 0.05) is 13.8 Å². The normalized spacial score (nSPS) is 49.0. The average Bonchev–Trinajstić information content (AvgIpc) is 3.23. The molecule has 5 saturated heterocycles. The summed E-state index contributed by atoms with van der Waals surface area (Å²) in [6.07, 6.45) is -42.3. The Labute approximate surface area is 351 Å². The first kappa shape index (κ1) is 51.0. The number of rotatable bonds is 15. The molecule has 62 heavy (non-hydrogen) atoms. The Bertz CT molecular complexity index is 1440. The molecule has 0 bridgehead atoms. The van der Waals surface area contributed by atoms with Crippen LogP contribution in [-0.4, -0.2) is 275 Å². The van der Waals surface area contributed by atoms with Crippen molar-refractivity contribution >= 4 is 11.8 Å². The Morgan fingerprint density at radius 2 is 0.823 bits per heavy atom. The molecule has 28 nitrogen and oxygen atoms in total. The highest BCUT2D eigenvalue weighted by Gasteiger charge is 2.56. The predicted octanol–water partition coefficient (Wildman–Crippen LogP) is -11.6. The number of carbonyl (C=O) groups is 2. The van der Waals surface area contributed by atoms with Crippen LogP contribution in [0, 0.1) is 0 Å². The summed E-state index contributed by atoms with van der Waals surface area (Å²) in [6.45, 7) is -2.31. The first-order valence-corrected chi connectivity index (χ1v) is 19.6. The second-order valence-corrected chi connectivity index (χ2v) is 15.5. The van der Waals surface area contributed by atoms with E-state index in [1.807, 2.05) is 0 Å². The van der Waals surface area contributed by atoms with E-state index in [2.05, 4.69) is 10.6 Å². The maximum atomic E-state index is 12.4. The minimum atomic E-state index is -2.18. The van der Waals surface area contributed by atoms with Crippen LogP contribution in [0.1, 0.15) is 13.8 Å². The number of amides is 2. The topological polar surface area (TPSA) is 445 Å². The van der Waals surface area contributed by atoms with E-state index >= 15 is 0 Å². The molecule has 28 heteroatoms. The molecule has 0 aliphatic carbocycles. The smallest absolute Gasteiger partial charge is 0.217 e. The average molecular weight is 911 g/mol. The lowest BCUT2D eigenvalue weighted by Crippen LogP contribution is -2.70. The van der Waals surface area contributed by atoms with Gasteiger partial charge in [-0.05, 0) is 0 Å². The largest absolute Gasteiger partial charge is 0.394 e. The first-order valence-electron chi connectivity index (χ1n) is 19.6. The van der Waals surface area contributed by atoms with Gasteiger partial charge in [0.15, 0.2) is 31.5 Å². The van der Waals surface area contributed by atoms with Crippen molar-refractivity contribution < 1.29 is 129 Å². The maximum absolute atomic E-state index is 12.4. The Balaban J connectivity index is 1.41. The SMILES string of the molecule is CC(=O)N[C@@H]1[C@H](O)[C@H](O[C@@H]2O[C@H](CO)[C@@H](O[C@@H]3O[C@H](CO[C@@H]4O[C@H](CO)[C@@H](O)[C@H](O)[C@@H]4O)[C@@H](O)[C@H](O[C@H]4O[C@H](CO)[C@@H](O)[C@H](O)[C@@H]4O)[C@@H]3O)[C@H](O)[C@H]2NC(C)=O)[C@@H](CO)O[C@H]1O. The van der Waals surface area contributed by atoms with Gasteiger partial charge < -0.3 is 130 Å². The molecule has 0 radical (unpaired) electrons. The van der Waals surface area contributed by atoms with Gasteiger partial charge in [0.2, 0.25) is 11.8 Å². The Morgan fingerprint density at radius 1 is 0.419 bits per heavy atom. The van der Waals surface area contributed by atoms with E-state index in [0.717, 1.165) is 13.8 Å².